The number of hydrogen-bond donors (Lipinski definition) is 2. The Morgan fingerprint density at radius 2 is 1.81 bits per heavy atom. The number of rotatable bonds is 7. The fourth-order valence-electron chi connectivity index (χ4n) is 3.53. The van der Waals surface area contributed by atoms with E-state index in [2.05, 4.69) is 4.72 Å². The van der Waals surface area contributed by atoms with Gasteiger partial charge in [-0.05, 0) is 50.8 Å². The summed E-state index contributed by atoms with van der Waals surface area (Å²) < 4.78 is 39.8. The van der Waals surface area contributed by atoms with E-state index in [1.54, 1.807) is 38.4 Å². The molecule has 31 heavy (non-hydrogen) atoms. The highest BCUT2D eigenvalue weighted by molar-refractivity contribution is 7.92. The Balaban J connectivity index is 0.00000341. The van der Waals surface area contributed by atoms with Gasteiger partial charge in [-0.1, -0.05) is 0 Å². The Morgan fingerprint density at radius 1 is 1.13 bits per heavy atom. The summed E-state index contributed by atoms with van der Waals surface area (Å²) in [7, 11) is -0.298. The quantitative estimate of drug-likeness (QED) is 0.642. The number of nitrogens with one attached hydrogen (secondary N) is 1. The molecule has 1 fully saturated rings. The normalized spacial score (nSPS) is 18.7. The third kappa shape index (κ3) is 6.15. The Bertz CT molecular complexity index is 1060. The predicted octanol–water partition coefficient (Wildman–Crippen LogP) is 2.89. The minimum absolute atomic E-state index is 0. The summed E-state index contributed by atoms with van der Waals surface area (Å²) >= 11 is 0. The van der Waals surface area contributed by atoms with Crippen LogP contribution in [0.5, 0.6) is 11.5 Å². The van der Waals surface area contributed by atoms with Crippen LogP contribution in [-0.2, 0) is 17.1 Å². The van der Waals surface area contributed by atoms with E-state index in [9.17, 15) is 13.2 Å². The van der Waals surface area contributed by atoms with Crippen molar-refractivity contribution in [1.82, 2.24) is 4.57 Å². The molecule has 0 unspecified atom stereocenters. The molecule has 8 nitrogen and oxygen atoms in total. The summed E-state index contributed by atoms with van der Waals surface area (Å²) in [4.78, 5) is 12.1. The first kappa shape index (κ1) is 25.0. The van der Waals surface area contributed by atoms with Crippen LogP contribution in [0.1, 0.15) is 32.6 Å². The summed E-state index contributed by atoms with van der Waals surface area (Å²) in [5.74, 6) is 0.961. The second-order valence-corrected chi connectivity index (χ2v) is 9.59. The minimum Gasteiger partial charge on any atom is -0.496 e. The number of ether oxygens (including phenoxy) is 2. The van der Waals surface area contributed by atoms with E-state index in [0.717, 1.165) is 25.7 Å². The zero-order chi connectivity index (χ0) is 21.9. The van der Waals surface area contributed by atoms with Crippen LogP contribution in [0.2, 0.25) is 0 Å². The molecule has 2 aromatic rings. The van der Waals surface area contributed by atoms with Crippen molar-refractivity contribution in [3.63, 3.8) is 0 Å². The average Bonchev–Trinajstić information content (AvgIpc) is 2.72. The lowest BCUT2D eigenvalue weighted by atomic mass is 9.93. The number of aromatic nitrogens is 1. The number of halogens is 1. The number of anilines is 1. The monoisotopic (exact) mass is 471 g/mol. The molecular weight excluding hydrogens is 442 g/mol. The molecule has 0 amide bonds. The van der Waals surface area contributed by atoms with Crippen molar-refractivity contribution in [2.75, 3.05) is 17.6 Å². The van der Waals surface area contributed by atoms with Crippen molar-refractivity contribution in [3.05, 3.63) is 40.8 Å². The number of nitrogens with two attached hydrogens (primary N) is 1. The number of nitrogens with zero attached hydrogens (tertiary/aromatic N) is 1. The molecule has 0 aliphatic heterocycles. The van der Waals surface area contributed by atoms with Gasteiger partial charge < -0.3 is 19.8 Å². The van der Waals surface area contributed by atoms with Crippen LogP contribution in [0.15, 0.2) is 35.3 Å². The average molecular weight is 472 g/mol. The van der Waals surface area contributed by atoms with Gasteiger partial charge in [-0.3, -0.25) is 9.52 Å². The Morgan fingerprint density at radius 3 is 2.42 bits per heavy atom. The third-order valence-electron chi connectivity index (χ3n) is 5.35. The van der Waals surface area contributed by atoms with Gasteiger partial charge in [-0.2, -0.15) is 0 Å². The second kappa shape index (κ2) is 10.4. The molecule has 0 bridgehead atoms. The van der Waals surface area contributed by atoms with E-state index >= 15 is 0 Å². The summed E-state index contributed by atoms with van der Waals surface area (Å²) in [5.41, 5.74) is 7.50. The lowest BCUT2D eigenvalue weighted by Gasteiger charge is -2.28. The highest BCUT2D eigenvalue weighted by atomic mass is 35.5. The van der Waals surface area contributed by atoms with Crippen molar-refractivity contribution < 1.29 is 17.9 Å². The number of benzene rings is 1. The van der Waals surface area contributed by atoms with Crippen LogP contribution in [0.3, 0.4) is 0 Å². The summed E-state index contributed by atoms with van der Waals surface area (Å²) in [6.45, 7) is 1.57. The van der Waals surface area contributed by atoms with Crippen LogP contribution < -0.4 is 25.5 Å². The van der Waals surface area contributed by atoms with Gasteiger partial charge in [0.05, 0.1) is 19.0 Å². The standard InChI is InChI=1S/C21H29N3O5S.ClH/c1-4-30(26,27)23-15-7-10-19(29-16-8-5-14(22)6-9-16)17(11-15)18-13-24(2)21(25)12-20(18)28-3;/h7,10-14,16,23H,4-6,8-9,22H2,1-3H3;1H. The van der Waals surface area contributed by atoms with Gasteiger partial charge in [0, 0.05) is 42.2 Å². The topological polar surface area (TPSA) is 113 Å². The lowest BCUT2D eigenvalue weighted by Crippen LogP contribution is -2.31. The number of methoxy groups -OCH3 is 1. The molecule has 1 aliphatic carbocycles. The van der Waals surface area contributed by atoms with E-state index < -0.39 is 10.0 Å². The molecule has 1 aromatic carbocycles. The molecule has 1 saturated carbocycles. The maximum Gasteiger partial charge on any atom is 0.254 e. The summed E-state index contributed by atoms with van der Waals surface area (Å²) in [5, 5.41) is 0. The Kier molecular flexibility index (Phi) is 8.39. The lowest BCUT2D eigenvalue weighted by molar-refractivity contribution is 0.148. The number of aryl methyl sites for hydroxylation is 1. The van der Waals surface area contributed by atoms with Crippen molar-refractivity contribution in [2.24, 2.45) is 12.8 Å². The summed E-state index contributed by atoms with van der Waals surface area (Å²) in [6.07, 6.45) is 5.21. The maximum absolute atomic E-state index is 12.1. The zero-order valence-corrected chi connectivity index (χ0v) is 19.6. The minimum atomic E-state index is -3.44. The van der Waals surface area contributed by atoms with Crippen molar-refractivity contribution in [3.8, 4) is 22.6 Å². The molecule has 1 aromatic heterocycles. The smallest absolute Gasteiger partial charge is 0.254 e. The van der Waals surface area contributed by atoms with Crippen LogP contribution in [0.25, 0.3) is 11.1 Å². The predicted molar refractivity (Wildman–Crippen MR) is 125 cm³/mol. The molecule has 0 atom stereocenters. The molecule has 3 N–H and O–H groups in total. The molecule has 3 rings (SSSR count). The van der Waals surface area contributed by atoms with Crippen LogP contribution in [0.4, 0.5) is 5.69 Å². The van der Waals surface area contributed by atoms with Gasteiger partial charge in [-0.25, -0.2) is 8.42 Å². The first-order valence-electron chi connectivity index (χ1n) is 10.0. The van der Waals surface area contributed by atoms with E-state index in [-0.39, 0.29) is 35.9 Å². The van der Waals surface area contributed by atoms with Gasteiger partial charge in [0.15, 0.2) is 0 Å². The number of hydrogen-bond acceptors (Lipinski definition) is 6. The second-order valence-electron chi connectivity index (χ2n) is 7.58. The first-order chi connectivity index (χ1) is 14.2. The molecule has 172 valence electrons. The largest absolute Gasteiger partial charge is 0.496 e. The zero-order valence-electron chi connectivity index (χ0n) is 18.0. The highest BCUT2D eigenvalue weighted by Crippen LogP contribution is 2.39. The number of sulfonamides is 1. The third-order valence-corrected chi connectivity index (χ3v) is 6.65. The van der Waals surface area contributed by atoms with E-state index in [1.165, 1.54) is 17.7 Å². The van der Waals surface area contributed by atoms with Gasteiger partial charge in [0.1, 0.15) is 11.5 Å². The van der Waals surface area contributed by atoms with Crippen LogP contribution in [-0.4, -0.2) is 38.0 Å². The van der Waals surface area contributed by atoms with E-state index in [0.29, 0.717) is 28.3 Å². The Hall–Kier alpha value is -2.23. The SMILES string of the molecule is CCS(=O)(=O)Nc1ccc(OC2CCC(N)CC2)c(-c2cn(C)c(=O)cc2OC)c1.Cl. The molecular formula is C21H30ClN3O5S. The molecule has 0 saturated heterocycles. The molecule has 0 spiro atoms. The first-order valence-corrected chi connectivity index (χ1v) is 11.7. The highest BCUT2D eigenvalue weighted by Gasteiger charge is 2.23. The molecule has 1 heterocycles. The Labute approximate surface area is 189 Å². The molecule has 10 heteroatoms. The van der Waals surface area contributed by atoms with Gasteiger partial charge >= 0.3 is 0 Å². The fraction of sp³-hybridized carbons (Fsp3) is 0.476. The molecule has 1 aliphatic rings. The van der Waals surface area contributed by atoms with Gasteiger partial charge in [0.25, 0.3) is 5.56 Å². The van der Waals surface area contributed by atoms with Crippen LogP contribution >= 0.6 is 12.4 Å². The van der Waals surface area contributed by atoms with E-state index in [4.69, 9.17) is 15.2 Å². The summed E-state index contributed by atoms with van der Waals surface area (Å²) in [6, 6.07) is 6.75. The van der Waals surface area contributed by atoms with Gasteiger partial charge in [0.2, 0.25) is 10.0 Å². The van der Waals surface area contributed by atoms with E-state index in [1.807, 2.05) is 0 Å². The van der Waals surface area contributed by atoms with Crippen molar-refractivity contribution in [1.29, 1.82) is 0 Å². The van der Waals surface area contributed by atoms with Gasteiger partial charge in [-0.15, -0.1) is 12.4 Å². The van der Waals surface area contributed by atoms with Crippen LogP contribution in [0, 0.1) is 0 Å². The maximum atomic E-state index is 12.1. The van der Waals surface area contributed by atoms with Crippen molar-refractivity contribution in [2.45, 2.75) is 44.8 Å². The molecule has 0 radical (unpaired) electrons. The number of pyridine rings is 1. The fourth-order valence-corrected chi connectivity index (χ4v) is 4.16. The van der Waals surface area contributed by atoms with Crippen molar-refractivity contribution >= 4 is 28.1 Å².